The lowest BCUT2D eigenvalue weighted by Crippen LogP contribution is -2.41. The molecule has 0 aliphatic carbocycles. The summed E-state index contributed by atoms with van der Waals surface area (Å²) in [5.74, 6) is -0.742. The maximum Gasteiger partial charge on any atom is 0.343 e. The Morgan fingerprint density at radius 3 is 2.73 bits per heavy atom. The number of thioether (sulfide) groups is 1. The van der Waals surface area contributed by atoms with Gasteiger partial charge in [0.15, 0.2) is 15.0 Å². The van der Waals surface area contributed by atoms with E-state index in [0.29, 0.717) is 6.42 Å². The van der Waals surface area contributed by atoms with Gasteiger partial charge in [-0.25, -0.2) is 23.2 Å². The smallest absolute Gasteiger partial charge is 0.343 e. The Balaban J connectivity index is 2.02. The summed E-state index contributed by atoms with van der Waals surface area (Å²) < 4.78 is 28.0. The highest BCUT2D eigenvalue weighted by molar-refractivity contribution is 8.00. The topological polar surface area (TPSA) is 133 Å². The monoisotopic (exact) mass is 402 g/mol. The van der Waals surface area contributed by atoms with Crippen molar-refractivity contribution in [2.75, 3.05) is 30.9 Å². The van der Waals surface area contributed by atoms with Gasteiger partial charge in [0.25, 0.3) is 0 Å². The number of hydrogen-bond acceptors (Lipinski definition) is 9. The van der Waals surface area contributed by atoms with Crippen molar-refractivity contribution < 1.29 is 22.7 Å². The molecule has 2 rings (SSSR count). The van der Waals surface area contributed by atoms with Crippen LogP contribution < -0.4 is 5.73 Å². The van der Waals surface area contributed by atoms with Gasteiger partial charge in [0.2, 0.25) is 5.91 Å². The molecule has 1 aliphatic heterocycles. The SMILES string of the molecule is CCOC(=O)c1cnc(S[C@@H](C)C(=O)N(C)[C@@H]2CCS(=O)(=O)C2)nc1N. The Hall–Kier alpha value is -1.88. The molecule has 11 heteroatoms. The molecule has 0 bridgehead atoms. The van der Waals surface area contributed by atoms with Crippen LogP contribution in [0, 0.1) is 0 Å². The summed E-state index contributed by atoms with van der Waals surface area (Å²) in [6.45, 7) is 3.58. The Labute approximate surface area is 156 Å². The summed E-state index contributed by atoms with van der Waals surface area (Å²) in [5.41, 5.74) is 5.84. The number of sulfone groups is 1. The summed E-state index contributed by atoms with van der Waals surface area (Å²) in [7, 11) is -1.47. The molecule has 1 saturated heterocycles. The van der Waals surface area contributed by atoms with Crippen LogP contribution in [0.4, 0.5) is 5.82 Å². The summed E-state index contributed by atoms with van der Waals surface area (Å²) >= 11 is 1.09. The van der Waals surface area contributed by atoms with E-state index in [0.717, 1.165) is 11.8 Å². The Kier molecular flexibility index (Phi) is 6.45. The molecule has 1 aromatic rings. The van der Waals surface area contributed by atoms with Gasteiger partial charge in [-0.15, -0.1) is 0 Å². The van der Waals surface area contributed by atoms with Crippen LogP contribution in [0.1, 0.15) is 30.6 Å². The first-order valence-electron chi connectivity index (χ1n) is 8.08. The molecular weight excluding hydrogens is 380 g/mol. The minimum absolute atomic E-state index is 0.00961. The lowest BCUT2D eigenvalue weighted by atomic mass is 10.2. The molecule has 0 spiro atoms. The number of ether oxygens (including phenoxy) is 1. The molecule has 0 radical (unpaired) electrons. The molecule has 0 aromatic carbocycles. The number of nitrogen functional groups attached to an aromatic ring is 1. The summed E-state index contributed by atoms with van der Waals surface area (Å²) in [4.78, 5) is 33.8. The van der Waals surface area contributed by atoms with Crippen molar-refractivity contribution in [1.82, 2.24) is 14.9 Å². The quantitative estimate of drug-likeness (QED) is 0.407. The molecule has 1 fully saturated rings. The van der Waals surface area contributed by atoms with Crippen molar-refractivity contribution >= 4 is 39.3 Å². The molecule has 2 heterocycles. The van der Waals surface area contributed by atoms with Gasteiger partial charge in [0.1, 0.15) is 11.4 Å². The highest BCUT2D eigenvalue weighted by Crippen LogP contribution is 2.25. The molecule has 2 atom stereocenters. The third-order valence-corrected chi connectivity index (χ3v) is 6.74. The molecule has 0 saturated carbocycles. The number of hydrogen-bond donors (Lipinski definition) is 1. The van der Waals surface area contributed by atoms with Gasteiger partial charge in [-0.3, -0.25) is 4.79 Å². The third kappa shape index (κ3) is 4.85. The van der Waals surface area contributed by atoms with Crippen molar-refractivity contribution in [3.63, 3.8) is 0 Å². The van der Waals surface area contributed by atoms with Gasteiger partial charge >= 0.3 is 5.97 Å². The molecule has 144 valence electrons. The molecule has 2 N–H and O–H groups in total. The van der Waals surface area contributed by atoms with Crippen LogP contribution in [-0.4, -0.2) is 71.6 Å². The number of anilines is 1. The number of carbonyl (C=O) groups excluding carboxylic acids is 2. The number of rotatable bonds is 6. The van der Waals surface area contributed by atoms with Crippen molar-refractivity contribution in [1.29, 1.82) is 0 Å². The highest BCUT2D eigenvalue weighted by atomic mass is 32.2. The van der Waals surface area contributed by atoms with Gasteiger partial charge in [-0.05, 0) is 20.3 Å². The zero-order valence-electron chi connectivity index (χ0n) is 14.8. The molecule has 0 unspecified atom stereocenters. The van der Waals surface area contributed by atoms with Crippen LogP contribution in [0.5, 0.6) is 0 Å². The van der Waals surface area contributed by atoms with Crippen molar-refractivity contribution in [3.05, 3.63) is 11.8 Å². The Morgan fingerprint density at radius 2 is 2.19 bits per heavy atom. The first kappa shape index (κ1) is 20.4. The van der Waals surface area contributed by atoms with Gasteiger partial charge in [-0.1, -0.05) is 11.8 Å². The molecule has 1 amide bonds. The maximum atomic E-state index is 12.5. The number of aromatic nitrogens is 2. The normalized spacial score (nSPS) is 19.7. The van der Waals surface area contributed by atoms with Crippen LogP contribution in [0.15, 0.2) is 11.4 Å². The first-order chi connectivity index (χ1) is 12.1. The fraction of sp³-hybridized carbons (Fsp3) is 0.600. The van der Waals surface area contributed by atoms with E-state index in [4.69, 9.17) is 10.5 Å². The predicted molar refractivity (Wildman–Crippen MR) is 97.5 cm³/mol. The predicted octanol–water partition coefficient (Wildman–Crippen LogP) is 0.362. The maximum absolute atomic E-state index is 12.5. The zero-order valence-corrected chi connectivity index (χ0v) is 16.5. The van der Waals surface area contributed by atoms with E-state index in [1.807, 2.05) is 0 Å². The van der Waals surface area contributed by atoms with Gasteiger partial charge in [0.05, 0.1) is 23.4 Å². The summed E-state index contributed by atoms with van der Waals surface area (Å²) in [5, 5.41) is -0.278. The minimum atomic E-state index is -3.07. The minimum Gasteiger partial charge on any atom is -0.462 e. The zero-order chi connectivity index (χ0) is 19.5. The second-order valence-corrected chi connectivity index (χ2v) is 9.47. The van der Waals surface area contributed by atoms with Crippen LogP contribution in [0.25, 0.3) is 0 Å². The van der Waals surface area contributed by atoms with E-state index in [-0.39, 0.29) is 46.6 Å². The van der Waals surface area contributed by atoms with E-state index in [9.17, 15) is 18.0 Å². The lowest BCUT2D eigenvalue weighted by Gasteiger charge is -2.26. The van der Waals surface area contributed by atoms with E-state index >= 15 is 0 Å². The van der Waals surface area contributed by atoms with Crippen molar-refractivity contribution in [2.45, 2.75) is 36.7 Å². The second-order valence-electron chi connectivity index (χ2n) is 5.94. The fourth-order valence-corrected chi connectivity index (χ4v) is 5.18. The van der Waals surface area contributed by atoms with E-state index < -0.39 is 21.1 Å². The number of nitrogens with zero attached hydrogens (tertiary/aromatic N) is 3. The highest BCUT2D eigenvalue weighted by Gasteiger charge is 2.34. The number of carbonyl (C=O) groups is 2. The summed E-state index contributed by atoms with van der Waals surface area (Å²) in [6, 6.07) is -0.312. The van der Waals surface area contributed by atoms with Crippen molar-refractivity contribution in [2.24, 2.45) is 0 Å². The average molecular weight is 402 g/mol. The van der Waals surface area contributed by atoms with E-state index in [1.54, 1.807) is 20.9 Å². The van der Waals surface area contributed by atoms with E-state index in [1.165, 1.54) is 11.1 Å². The molecule has 1 aromatic heterocycles. The van der Waals surface area contributed by atoms with Crippen LogP contribution in [0.3, 0.4) is 0 Å². The Bertz CT molecular complexity index is 799. The molecule has 26 heavy (non-hydrogen) atoms. The average Bonchev–Trinajstić information content (AvgIpc) is 2.93. The van der Waals surface area contributed by atoms with Gasteiger partial charge < -0.3 is 15.4 Å². The van der Waals surface area contributed by atoms with E-state index in [2.05, 4.69) is 9.97 Å². The number of esters is 1. The number of nitrogens with two attached hydrogens (primary N) is 1. The molecule has 1 aliphatic rings. The van der Waals surface area contributed by atoms with Gasteiger partial charge in [0, 0.05) is 19.3 Å². The standard InChI is InChI=1S/C15H22N4O5S2/c1-4-24-14(21)11-7-17-15(18-12(11)16)25-9(2)13(20)19(3)10-5-6-26(22,23)8-10/h7,9-10H,4-6,8H2,1-3H3,(H2,16,17,18)/t9-,10+/m0/s1. The second kappa shape index (κ2) is 8.21. The third-order valence-electron chi connectivity index (χ3n) is 4.03. The molecular formula is C15H22N4O5S2. The van der Waals surface area contributed by atoms with Crippen molar-refractivity contribution in [3.8, 4) is 0 Å². The van der Waals surface area contributed by atoms with Crippen LogP contribution in [-0.2, 0) is 19.4 Å². The Morgan fingerprint density at radius 1 is 1.50 bits per heavy atom. The summed E-state index contributed by atoms with van der Waals surface area (Å²) in [6.07, 6.45) is 1.72. The largest absolute Gasteiger partial charge is 0.462 e. The molecule has 9 nitrogen and oxygen atoms in total. The van der Waals surface area contributed by atoms with Crippen LogP contribution >= 0.6 is 11.8 Å². The fourth-order valence-electron chi connectivity index (χ4n) is 2.56. The lowest BCUT2D eigenvalue weighted by molar-refractivity contribution is -0.130. The van der Waals surface area contributed by atoms with Gasteiger partial charge in [-0.2, -0.15) is 0 Å². The van der Waals surface area contributed by atoms with Crippen LogP contribution in [0.2, 0.25) is 0 Å². The first-order valence-corrected chi connectivity index (χ1v) is 10.8. The number of amides is 1.